The summed E-state index contributed by atoms with van der Waals surface area (Å²) in [5.74, 6) is 0. The first kappa shape index (κ1) is 12.1. The van der Waals surface area contributed by atoms with Crippen molar-refractivity contribution in [2.24, 2.45) is 0 Å². The first-order valence-electron chi connectivity index (χ1n) is 4.98. The van der Waals surface area contributed by atoms with Gasteiger partial charge in [-0.05, 0) is 28.4 Å². The van der Waals surface area contributed by atoms with Crippen molar-refractivity contribution in [1.82, 2.24) is 0 Å². The third kappa shape index (κ3) is 2.05. The van der Waals surface area contributed by atoms with Crippen LogP contribution in [0.2, 0.25) is 0 Å². The van der Waals surface area contributed by atoms with Gasteiger partial charge in [0.15, 0.2) is 0 Å². The van der Waals surface area contributed by atoms with Crippen molar-refractivity contribution in [1.29, 1.82) is 0 Å². The Labute approximate surface area is 103 Å². The summed E-state index contributed by atoms with van der Waals surface area (Å²) in [4.78, 5) is 0. The lowest BCUT2D eigenvalue weighted by Crippen LogP contribution is -2.13. The molecule has 0 atom stereocenters. The van der Waals surface area contributed by atoms with Gasteiger partial charge in [0.2, 0.25) is 0 Å². The van der Waals surface area contributed by atoms with Crippen molar-refractivity contribution in [3.05, 3.63) is 42.5 Å². The third-order valence-electron chi connectivity index (χ3n) is 2.57. The van der Waals surface area contributed by atoms with Gasteiger partial charge in [-0.25, -0.2) is 0 Å². The van der Waals surface area contributed by atoms with E-state index in [9.17, 15) is 5.02 Å². The molecule has 3 aromatic rings. The molecule has 0 bridgehead atoms. The number of rotatable bonds is 1. The van der Waals surface area contributed by atoms with Crippen LogP contribution in [0.3, 0.4) is 0 Å². The van der Waals surface area contributed by atoms with Crippen LogP contribution in [0.15, 0.2) is 42.5 Å². The monoisotopic (exact) mass is 245 g/mol. The lowest BCUT2D eigenvalue weighted by Gasteiger charge is -1.97. The van der Waals surface area contributed by atoms with Crippen molar-refractivity contribution >= 4 is 44.5 Å². The Bertz CT molecular complexity index is 636. The van der Waals surface area contributed by atoms with Crippen LogP contribution in [0.25, 0.3) is 20.2 Å². The lowest BCUT2D eigenvalue weighted by molar-refractivity contribution is -0.176. The van der Waals surface area contributed by atoms with Gasteiger partial charge in [0.05, 0.1) is 0 Å². The summed E-state index contributed by atoms with van der Waals surface area (Å²) in [5, 5.41) is 23.6. The smallest absolute Gasteiger partial charge is 0.327 e. The fourth-order valence-corrected chi connectivity index (χ4v) is 3.05. The SMILES string of the molecule is OO.O[B]c1cccc2sc3ccccc3c12. The maximum absolute atomic E-state index is 9.19. The van der Waals surface area contributed by atoms with E-state index < -0.39 is 0 Å². The average molecular weight is 245 g/mol. The molecule has 0 fully saturated rings. The fraction of sp³-hybridized carbons (Fsp3) is 0. The molecule has 1 aromatic heterocycles. The number of fused-ring (bicyclic) bond motifs is 3. The number of hydrogen-bond acceptors (Lipinski definition) is 4. The Kier molecular flexibility index (Phi) is 3.76. The fourth-order valence-electron chi connectivity index (χ4n) is 1.91. The van der Waals surface area contributed by atoms with Crippen LogP contribution in [0.4, 0.5) is 0 Å². The van der Waals surface area contributed by atoms with Gasteiger partial charge >= 0.3 is 7.48 Å². The molecular formula is C12H10BO3S. The van der Waals surface area contributed by atoms with Gasteiger partial charge in [-0.15, -0.1) is 11.3 Å². The second-order valence-electron chi connectivity index (χ2n) is 3.45. The van der Waals surface area contributed by atoms with Crippen molar-refractivity contribution in [2.45, 2.75) is 0 Å². The molecule has 3 N–H and O–H groups in total. The predicted octanol–water partition coefficient (Wildman–Crippen LogP) is 2.31. The van der Waals surface area contributed by atoms with E-state index in [1.807, 2.05) is 24.3 Å². The summed E-state index contributed by atoms with van der Waals surface area (Å²) in [7, 11) is 1.18. The molecule has 1 radical (unpaired) electrons. The highest BCUT2D eigenvalue weighted by Gasteiger charge is 2.08. The van der Waals surface area contributed by atoms with E-state index >= 15 is 0 Å². The van der Waals surface area contributed by atoms with Crippen molar-refractivity contribution in [3.8, 4) is 0 Å². The van der Waals surface area contributed by atoms with Gasteiger partial charge < -0.3 is 5.02 Å². The zero-order valence-electron chi connectivity index (χ0n) is 8.87. The summed E-state index contributed by atoms with van der Waals surface area (Å²) >= 11 is 1.76. The Morgan fingerprint density at radius 2 is 1.59 bits per heavy atom. The van der Waals surface area contributed by atoms with E-state index in [2.05, 4.69) is 18.2 Å². The molecule has 3 nitrogen and oxygen atoms in total. The summed E-state index contributed by atoms with van der Waals surface area (Å²) in [6, 6.07) is 14.3. The number of hydrogen-bond donors (Lipinski definition) is 3. The zero-order chi connectivity index (χ0) is 12.3. The summed E-state index contributed by atoms with van der Waals surface area (Å²) in [6.45, 7) is 0. The van der Waals surface area contributed by atoms with E-state index in [4.69, 9.17) is 10.5 Å². The van der Waals surface area contributed by atoms with Crippen LogP contribution in [0.1, 0.15) is 0 Å². The van der Waals surface area contributed by atoms with Crippen LogP contribution in [0, 0.1) is 0 Å². The van der Waals surface area contributed by atoms with E-state index in [0.29, 0.717) is 0 Å². The molecule has 0 aliphatic rings. The number of thiophene rings is 1. The second-order valence-corrected chi connectivity index (χ2v) is 4.53. The molecule has 0 saturated heterocycles. The van der Waals surface area contributed by atoms with Crippen LogP contribution in [-0.4, -0.2) is 23.0 Å². The molecule has 1 heterocycles. The Morgan fingerprint density at radius 1 is 0.882 bits per heavy atom. The van der Waals surface area contributed by atoms with E-state index in [1.165, 1.54) is 22.3 Å². The quantitative estimate of drug-likeness (QED) is 0.350. The minimum Gasteiger partial charge on any atom is -0.450 e. The average Bonchev–Trinajstić information content (AvgIpc) is 2.79. The summed E-state index contributed by atoms with van der Waals surface area (Å²) in [6.07, 6.45) is 0. The molecular weight excluding hydrogens is 235 g/mol. The highest BCUT2D eigenvalue weighted by Crippen LogP contribution is 2.31. The summed E-state index contributed by atoms with van der Waals surface area (Å²) < 4.78 is 2.49. The summed E-state index contributed by atoms with van der Waals surface area (Å²) in [5.41, 5.74) is 0.893. The molecule has 0 aliphatic heterocycles. The van der Waals surface area contributed by atoms with E-state index in [-0.39, 0.29) is 0 Å². The van der Waals surface area contributed by atoms with Crippen molar-refractivity contribution in [3.63, 3.8) is 0 Å². The first-order chi connectivity index (χ1) is 8.40. The highest BCUT2D eigenvalue weighted by atomic mass is 32.1. The molecule has 2 aromatic carbocycles. The molecule has 0 spiro atoms. The first-order valence-corrected chi connectivity index (χ1v) is 5.79. The van der Waals surface area contributed by atoms with Crippen LogP contribution < -0.4 is 5.46 Å². The molecule has 0 saturated carbocycles. The normalized spacial score (nSPS) is 10.1. The molecule has 85 valence electrons. The lowest BCUT2D eigenvalue weighted by atomic mass is 9.85. The standard InChI is InChI=1S/C12H8BOS.H2O2/c14-13-9-5-3-7-11-12(9)8-4-1-2-6-10(8)15-11;1-2/h1-7,14H;1-2H. The van der Waals surface area contributed by atoms with Gasteiger partial charge in [-0.3, -0.25) is 10.5 Å². The maximum atomic E-state index is 9.19. The van der Waals surface area contributed by atoms with Crippen molar-refractivity contribution in [2.75, 3.05) is 0 Å². The Morgan fingerprint density at radius 3 is 2.35 bits per heavy atom. The molecule has 0 amide bonds. The third-order valence-corrected chi connectivity index (χ3v) is 3.71. The topological polar surface area (TPSA) is 60.7 Å². The second kappa shape index (κ2) is 5.29. The Balaban J connectivity index is 0.000000514. The molecule has 3 rings (SSSR count). The number of benzene rings is 2. The van der Waals surface area contributed by atoms with Crippen molar-refractivity contribution < 1.29 is 15.5 Å². The van der Waals surface area contributed by atoms with Gasteiger partial charge in [-0.1, -0.05) is 30.3 Å². The molecule has 0 aliphatic carbocycles. The minimum atomic E-state index is 0.893. The Hall–Kier alpha value is -1.40. The van der Waals surface area contributed by atoms with Gasteiger partial charge in [-0.2, -0.15) is 0 Å². The van der Waals surface area contributed by atoms with E-state index in [0.717, 1.165) is 10.8 Å². The van der Waals surface area contributed by atoms with Crippen LogP contribution in [-0.2, 0) is 0 Å². The van der Waals surface area contributed by atoms with Gasteiger partial charge in [0.25, 0.3) is 0 Å². The van der Waals surface area contributed by atoms with E-state index in [1.54, 1.807) is 11.3 Å². The molecule has 17 heavy (non-hydrogen) atoms. The maximum Gasteiger partial charge on any atom is 0.327 e. The van der Waals surface area contributed by atoms with Crippen LogP contribution >= 0.6 is 11.3 Å². The highest BCUT2D eigenvalue weighted by molar-refractivity contribution is 7.26. The molecule has 5 heteroatoms. The minimum absolute atomic E-state index is 0.893. The largest absolute Gasteiger partial charge is 0.450 e. The van der Waals surface area contributed by atoms with Crippen LogP contribution in [0.5, 0.6) is 0 Å². The van der Waals surface area contributed by atoms with Gasteiger partial charge in [0.1, 0.15) is 0 Å². The predicted molar refractivity (Wildman–Crippen MR) is 72.2 cm³/mol. The molecule has 0 unspecified atom stereocenters. The van der Waals surface area contributed by atoms with Gasteiger partial charge in [0, 0.05) is 9.40 Å². The zero-order valence-corrected chi connectivity index (χ0v) is 9.69.